The molecule has 0 fully saturated rings. The average molecular weight is 268 g/mol. The van der Waals surface area contributed by atoms with E-state index < -0.39 is 6.04 Å². The maximum absolute atomic E-state index is 11.6. The van der Waals surface area contributed by atoms with Gasteiger partial charge in [-0.25, -0.2) is 4.98 Å². The first-order chi connectivity index (χ1) is 7.17. The van der Waals surface area contributed by atoms with Gasteiger partial charge in [0.05, 0.1) is 11.6 Å². The molecule has 0 aliphatic rings. The van der Waals surface area contributed by atoms with E-state index in [1.54, 1.807) is 12.1 Å². The molecule has 0 aromatic carbocycles. The molecule has 0 aliphatic carbocycles. The van der Waals surface area contributed by atoms with E-state index in [4.69, 9.17) is 5.26 Å². The van der Waals surface area contributed by atoms with Crippen molar-refractivity contribution in [2.75, 3.05) is 0 Å². The summed E-state index contributed by atoms with van der Waals surface area (Å²) in [6.07, 6.45) is 2.05. The van der Waals surface area contributed by atoms with Crippen molar-refractivity contribution in [2.45, 2.75) is 19.4 Å². The predicted octanol–water partition coefficient (Wildman–Crippen LogP) is 1.88. The van der Waals surface area contributed by atoms with Gasteiger partial charge in [-0.1, -0.05) is 6.92 Å². The molecule has 78 valence electrons. The van der Waals surface area contributed by atoms with E-state index in [9.17, 15) is 4.79 Å². The van der Waals surface area contributed by atoms with E-state index in [0.717, 1.165) is 0 Å². The number of nitrogens with zero attached hydrogens (tertiary/aromatic N) is 2. The van der Waals surface area contributed by atoms with Crippen LogP contribution in [-0.2, 0) is 0 Å². The molecule has 1 rings (SSSR count). The Hall–Kier alpha value is -1.41. The molecule has 1 amide bonds. The van der Waals surface area contributed by atoms with E-state index >= 15 is 0 Å². The maximum Gasteiger partial charge on any atom is 0.253 e. The molecule has 0 spiro atoms. The zero-order chi connectivity index (χ0) is 11.3. The lowest BCUT2D eigenvalue weighted by Gasteiger charge is -2.08. The van der Waals surface area contributed by atoms with Gasteiger partial charge in [0.2, 0.25) is 0 Å². The third kappa shape index (κ3) is 3.33. The molecule has 15 heavy (non-hydrogen) atoms. The fourth-order valence-corrected chi connectivity index (χ4v) is 1.21. The molecule has 4 nitrogen and oxygen atoms in total. The number of aromatic nitrogens is 1. The quantitative estimate of drug-likeness (QED) is 0.851. The van der Waals surface area contributed by atoms with Crippen molar-refractivity contribution in [1.82, 2.24) is 10.3 Å². The second-order valence-electron chi connectivity index (χ2n) is 2.93. The molecule has 1 N–H and O–H groups in total. The molecule has 1 atom stereocenters. The Bertz CT molecular complexity index is 383. The smallest absolute Gasteiger partial charge is 0.253 e. The SMILES string of the molecule is CCC(C#N)NC(=O)c1ccc(Br)nc1. The predicted molar refractivity (Wildman–Crippen MR) is 59.1 cm³/mol. The minimum Gasteiger partial charge on any atom is -0.336 e. The molecular weight excluding hydrogens is 258 g/mol. The summed E-state index contributed by atoms with van der Waals surface area (Å²) in [4.78, 5) is 15.5. The number of halogens is 1. The Morgan fingerprint density at radius 1 is 1.73 bits per heavy atom. The molecule has 0 radical (unpaired) electrons. The fraction of sp³-hybridized carbons (Fsp3) is 0.300. The summed E-state index contributed by atoms with van der Waals surface area (Å²) in [5.41, 5.74) is 0.451. The molecule has 0 saturated heterocycles. The zero-order valence-electron chi connectivity index (χ0n) is 8.20. The normalized spacial score (nSPS) is 11.5. The lowest BCUT2D eigenvalue weighted by atomic mass is 10.2. The van der Waals surface area contributed by atoms with E-state index in [1.807, 2.05) is 13.0 Å². The van der Waals surface area contributed by atoms with Crippen LogP contribution in [0.3, 0.4) is 0 Å². The molecule has 0 saturated carbocycles. The van der Waals surface area contributed by atoms with Crippen molar-refractivity contribution in [3.8, 4) is 6.07 Å². The highest BCUT2D eigenvalue weighted by Crippen LogP contribution is 2.06. The number of hydrogen-bond acceptors (Lipinski definition) is 3. The highest BCUT2D eigenvalue weighted by molar-refractivity contribution is 9.10. The van der Waals surface area contributed by atoms with Gasteiger partial charge in [0, 0.05) is 6.20 Å². The van der Waals surface area contributed by atoms with E-state index in [0.29, 0.717) is 16.6 Å². The molecule has 1 unspecified atom stereocenters. The second-order valence-corrected chi connectivity index (χ2v) is 3.75. The third-order valence-corrected chi connectivity index (χ3v) is 2.33. The number of nitriles is 1. The molecule has 1 heterocycles. The topological polar surface area (TPSA) is 65.8 Å². The summed E-state index contributed by atoms with van der Waals surface area (Å²) < 4.78 is 0.673. The van der Waals surface area contributed by atoms with Crippen LogP contribution < -0.4 is 5.32 Å². The average Bonchev–Trinajstić information content (AvgIpc) is 2.26. The van der Waals surface area contributed by atoms with E-state index in [1.165, 1.54) is 6.20 Å². The van der Waals surface area contributed by atoms with Crippen molar-refractivity contribution in [1.29, 1.82) is 5.26 Å². The summed E-state index contributed by atoms with van der Waals surface area (Å²) in [6.45, 7) is 1.84. The van der Waals surface area contributed by atoms with Gasteiger partial charge in [0.1, 0.15) is 10.6 Å². The first kappa shape index (κ1) is 11.7. The second kappa shape index (κ2) is 5.47. The van der Waals surface area contributed by atoms with Gasteiger partial charge < -0.3 is 5.32 Å². The van der Waals surface area contributed by atoms with Gasteiger partial charge in [-0.3, -0.25) is 4.79 Å². The van der Waals surface area contributed by atoms with Gasteiger partial charge in [0.25, 0.3) is 5.91 Å². The van der Waals surface area contributed by atoms with Crippen molar-refractivity contribution in [3.63, 3.8) is 0 Å². The summed E-state index contributed by atoms with van der Waals surface area (Å²) in [6, 6.07) is 4.89. The lowest BCUT2D eigenvalue weighted by Crippen LogP contribution is -2.33. The summed E-state index contributed by atoms with van der Waals surface area (Å²) in [5.74, 6) is -0.275. The molecular formula is C10H10BrN3O. The standard InChI is InChI=1S/C10H10BrN3O/c1-2-8(5-12)14-10(15)7-3-4-9(11)13-6-7/h3-4,6,8H,2H2,1H3,(H,14,15). The number of carbonyl (C=O) groups excluding carboxylic acids is 1. The van der Waals surface area contributed by atoms with Gasteiger partial charge in [-0.2, -0.15) is 5.26 Å². The number of hydrogen-bond donors (Lipinski definition) is 1. The van der Waals surface area contributed by atoms with Crippen LogP contribution in [0, 0.1) is 11.3 Å². The lowest BCUT2D eigenvalue weighted by molar-refractivity contribution is 0.0944. The maximum atomic E-state index is 11.6. The van der Waals surface area contributed by atoms with Crippen LogP contribution in [0.5, 0.6) is 0 Å². The first-order valence-corrected chi connectivity index (χ1v) is 5.28. The van der Waals surface area contributed by atoms with Crippen molar-refractivity contribution >= 4 is 21.8 Å². The van der Waals surface area contributed by atoms with Crippen LogP contribution in [0.4, 0.5) is 0 Å². The van der Waals surface area contributed by atoms with Crippen molar-refractivity contribution in [2.24, 2.45) is 0 Å². The zero-order valence-corrected chi connectivity index (χ0v) is 9.78. The molecule has 1 aromatic rings. The molecule has 0 aliphatic heterocycles. The van der Waals surface area contributed by atoms with Gasteiger partial charge in [-0.05, 0) is 34.5 Å². The van der Waals surface area contributed by atoms with Crippen LogP contribution in [0.2, 0.25) is 0 Å². The monoisotopic (exact) mass is 267 g/mol. The minimum atomic E-state index is -0.443. The number of amides is 1. The van der Waals surface area contributed by atoms with Crippen LogP contribution in [0.25, 0.3) is 0 Å². The molecule has 5 heteroatoms. The third-order valence-electron chi connectivity index (χ3n) is 1.86. The van der Waals surface area contributed by atoms with Gasteiger partial charge in [0.15, 0.2) is 0 Å². The summed E-state index contributed by atoms with van der Waals surface area (Å²) in [5, 5.41) is 11.3. The number of carbonyl (C=O) groups is 1. The molecule has 0 bridgehead atoms. The summed E-state index contributed by atoms with van der Waals surface area (Å²) >= 11 is 3.18. The minimum absolute atomic E-state index is 0.275. The highest BCUT2D eigenvalue weighted by atomic mass is 79.9. The summed E-state index contributed by atoms with van der Waals surface area (Å²) in [7, 11) is 0. The van der Waals surface area contributed by atoms with Crippen molar-refractivity contribution in [3.05, 3.63) is 28.5 Å². The van der Waals surface area contributed by atoms with E-state index in [-0.39, 0.29) is 5.91 Å². The Morgan fingerprint density at radius 3 is 2.93 bits per heavy atom. The van der Waals surface area contributed by atoms with Gasteiger partial charge in [-0.15, -0.1) is 0 Å². The van der Waals surface area contributed by atoms with Crippen LogP contribution in [-0.4, -0.2) is 16.9 Å². The van der Waals surface area contributed by atoms with E-state index in [2.05, 4.69) is 26.2 Å². The Kier molecular flexibility index (Phi) is 4.25. The number of nitrogens with one attached hydrogen (secondary N) is 1. The largest absolute Gasteiger partial charge is 0.336 e. The van der Waals surface area contributed by atoms with Gasteiger partial charge >= 0.3 is 0 Å². The first-order valence-electron chi connectivity index (χ1n) is 4.49. The molecule has 1 aromatic heterocycles. The Labute approximate surface area is 96.4 Å². The van der Waals surface area contributed by atoms with Crippen molar-refractivity contribution < 1.29 is 4.79 Å². The highest BCUT2D eigenvalue weighted by Gasteiger charge is 2.10. The Balaban J connectivity index is 2.70. The van der Waals surface area contributed by atoms with Crippen LogP contribution >= 0.6 is 15.9 Å². The Morgan fingerprint density at radius 2 is 2.47 bits per heavy atom. The number of rotatable bonds is 3. The number of pyridine rings is 1. The van der Waals surface area contributed by atoms with Crippen LogP contribution in [0.15, 0.2) is 22.9 Å². The van der Waals surface area contributed by atoms with Crippen LogP contribution in [0.1, 0.15) is 23.7 Å². The fourth-order valence-electron chi connectivity index (χ4n) is 0.977.